The number of aliphatic hydroxyl groups is 1. The minimum Gasteiger partial charge on any atom is -0.378 e. The van der Waals surface area contributed by atoms with E-state index in [1.165, 1.54) is 0 Å². The molecule has 0 fully saturated rings. The van der Waals surface area contributed by atoms with Crippen LogP contribution in [0.3, 0.4) is 0 Å². The van der Waals surface area contributed by atoms with Gasteiger partial charge in [-0.3, -0.25) is 4.79 Å². The first-order valence-electron chi connectivity index (χ1n) is 7.72. The van der Waals surface area contributed by atoms with Crippen molar-refractivity contribution in [2.45, 2.75) is 26.4 Å². The molecule has 0 saturated carbocycles. The summed E-state index contributed by atoms with van der Waals surface area (Å²) in [5, 5.41) is 14.3. The number of hydrogen-bond acceptors (Lipinski definition) is 3. The van der Waals surface area contributed by atoms with Crippen molar-refractivity contribution < 1.29 is 9.90 Å². The Morgan fingerprint density at radius 2 is 1.61 bits per heavy atom. The summed E-state index contributed by atoms with van der Waals surface area (Å²) in [6.07, 6.45) is -0.484. The summed E-state index contributed by atoms with van der Waals surface area (Å²) in [5.41, 5.74) is 4.80. The van der Waals surface area contributed by atoms with Gasteiger partial charge in [0.15, 0.2) is 6.10 Å². The van der Waals surface area contributed by atoms with E-state index in [-0.39, 0.29) is 0 Å². The molecule has 23 heavy (non-hydrogen) atoms. The van der Waals surface area contributed by atoms with Gasteiger partial charge in [0.2, 0.25) is 0 Å². The Kier molecular flexibility index (Phi) is 6.06. The molecule has 2 aromatic rings. The maximum Gasteiger partial charge on any atom is 0.273 e. The molecule has 0 saturated heterocycles. The Labute approximate surface area is 136 Å². The standard InChI is InChI=1S/C19H22N2O2/c1-14(2)13-17(15-9-5-3-6-10-15)20-21-19(23)18(22)16-11-7-4-8-12-16/h3-12,14,18,22H,13H2,1-2H3,(H,21,23). The highest BCUT2D eigenvalue weighted by molar-refractivity contribution is 6.01. The Bertz CT molecular complexity index is 652. The van der Waals surface area contributed by atoms with Crippen molar-refractivity contribution in [1.29, 1.82) is 0 Å². The molecule has 0 heterocycles. The molecular formula is C19H22N2O2. The maximum atomic E-state index is 12.1. The van der Waals surface area contributed by atoms with E-state index in [4.69, 9.17) is 0 Å². The number of rotatable bonds is 6. The van der Waals surface area contributed by atoms with Gasteiger partial charge in [-0.05, 0) is 23.5 Å². The largest absolute Gasteiger partial charge is 0.378 e. The second-order valence-electron chi connectivity index (χ2n) is 5.81. The van der Waals surface area contributed by atoms with E-state index in [1.54, 1.807) is 24.3 Å². The number of nitrogens with one attached hydrogen (secondary N) is 1. The topological polar surface area (TPSA) is 61.7 Å². The van der Waals surface area contributed by atoms with E-state index in [1.807, 2.05) is 36.4 Å². The highest BCUT2D eigenvalue weighted by Gasteiger charge is 2.17. The first-order valence-corrected chi connectivity index (χ1v) is 7.72. The fraction of sp³-hybridized carbons (Fsp3) is 0.263. The summed E-state index contributed by atoms with van der Waals surface area (Å²) in [7, 11) is 0. The van der Waals surface area contributed by atoms with Crippen molar-refractivity contribution >= 4 is 11.6 Å². The molecule has 0 spiro atoms. The molecule has 4 heteroatoms. The lowest BCUT2D eigenvalue weighted by atomic mass is 10.0. The minimum absolute atomic E-state index is 0.407. The lowest BCUT2D eigenvalue weighted by Crippen LogP contribution is -2.26. The van der Waals surface area contributed by atoms with E-state index in [9.17, 15) is 9.90 Å². The molecule has 1 amide bonds. The van der Waals surface area contributed by atoms with Crippen LogP contribution >= 0.6 is 0 Å². The van der Waals surface area contributed by atoms with Gasteiger partial charge in [-0.1, -0.05) is 74.5 Å². The van der Waals surface area contributed by atoms with Crippen molar-refractivity contribution in [2.24, 2.45) is 11.0 Å². The van der Waals surface area contributed by atoms with Crippen molar-refractivity contribution in [3.05, 3.63) is 71.8 Å². The third-order valence-corrected chi connectivity index (χ3v) is 3.37. The van der Waals surface area contributed by atoms with Crippen LogP contribution in [0, 0.1) is 5.92 Å². The molecule has 0 aliphatic carbocycles. The zero-order valence-corrected chi connectivity index (χ0v) is 13.4. The van der Waals surface area contributed by atoms with Crippen LogP contribution < -0.4 is 5.43 Å². The van der Waals surface area contributed by atoms with Gasteiger partial charge in [-0.15, -0.1) is 0 Å². The number of benzene rings is 2. The van der Waals surface area contributed by atoms with Crippen LogP contribution in [0.5, 0.6) is 0 Å². The number of hydrazone groups is 1. The predicted molar refractivity (Wildman–Crippen MR) is 92.0 cm³/mol. The van der Waals surface area contributed by atoms with Gasteiger partial charge in [-0.2, -0.15) is 5.10 Å². The summed E-state index contributed by atoms with van der Waals surface area (Å²) in [5.74, 6) is -0.127. The van der Waals surface area contributed by atoms with Gasteiger partial charge in [0, 0.05) is 0 Å². The van der Waals surface area contributed by atoms with Crippen LogP contribution in [0.15, 0.2) is 65.8 Å². The molecule has 0 radical (unpaired) electrons. The number of hydrogen-bond donors (Lipinski definition) is 2. The molecule has 0 aliphatic heterocycles. The molecular weight excluding hydrogens is 288 g/mol. The molecule has 1 unspecified atom stereocenters. The van der Waals surface area contributed by atoms with Crippen molar-refractivity contribution in [3.8, 4) is 0 Å². The van der Waals surface area contributed by atoms with Gasteiger partial charge in [-0.25, -0.2) is 5.43 Å². The van der Waals surface area contributed by atoms with Crippen molar-refractivity contribution in [1.82, 2.24) is 5.43 Å². The zero-order valence-electron chi connectivity index (χ0n) is 13.4. The Morgan fingerprint density at radius 1 is 1.04 bits per heavy atom. The van der Waals surface area contributed by atoms with E-state index < -0.39 is 12.0 Å². The van der Waals surface area contributed by atoms with E-state index in [2.05, 4.69) is 24.4 Å². The lowest BCUT2D eigenvalue weighted by Gasteiger charge is -2.12. The van der Waals surface area contributed by atoms with Crippen LogP contribution in [-0.2, 0) is 4.79 Å². The Balaban J connectivity index is 2.12. The SMILES string of the molecule is CC(C)CC(=NNC(=O)C(O)c1ccccc1)c1ccccc1. The monoisotopic (exact) mass is 310 g/mol. The van der Waals surface area contributed by atoms with E-state index >= 15 is 0 Å². The van der Waals surface area contributed by atoms with Gasteiger partial charge < -0.3 is 5.11 Å². The summed E-state index contributed by atoms with van der Waals surface area (Å²) in [6.45, 7) is 4.19. The average molecular weight is 310 g/mol. The zero-order chi connectivity index (χ0) is 16.7. The average Bonchev–Trinajstić information content (AvgIpc) is 2.59. The van der Waals surface area contributed by atoms with Crippen LogP contribution in [-0.4, -0.2) is 16.7 Å². The molecule has 4 nitrogen and oxygen atoms in total. The maximum absolute atomic E-state index is 12.1. The van der Waals surface area contributed by atoms with E-state index in [0.29, 0.717) is 11.5 Å². The quantitative estimate of drug-likeness (QED) is 0.635. The fourth-order valence-corrected chi connectivity index (χ4v) is 2.22. The number of carbonyl (C=O) groups is 1. The van der Waals surface area contributed by atoms with Crippen LogP contribution in [0.4, 0.5) is 0 Å². The summed E-state index contributed by atoms with van der Waals surface area (Å²) in [6, 6.07) is 18.5. The second-order valence-corrected chi connectivity index (χ2v) is 5.81. The summed E-state index contributed by atoms with van der Waals surface area (Å²) < 4.78 is 0. The van der Waals surface area contributed by atoms with Crippen molar-refractivity contribution in [2.75, 3.05) is 0 Å². The third kappa shape index (κ3) is 5.04. The third-order valence-electron chi connectivity index (χ3n) is 3.37. The normalized spacial score (nSPS) is 13.0. The minimum atomic E-state index is -1.23. The van der Waals surface area contributed by atoms with Gasteiger partial charge in [0.05, 0.1) is 5.71 Å². The molecule has 2 aromatic carbocycles. The molecule has 1 atom stereocenters. The summed E-state index contributed by atoms with van der Waals surface area (Å²) >= 11 is 0. The Hall–Kier alpha value is -2.46. The number of amides is 1. The van der Waals surface area contributed by atoms with Crippen molar-refractivity contribution in [3.63, 3.8) is 0 Å². The molecule has 2 rings (SSSR count). The van der Waals surface area contributed by atoms with Crippen LogP contribution in [0.25, 0.3) is 0 Å². The number of nitrogens with zero attached hydrogens (tertiary/aromatic N) is 1. The molecule has 0 bridgehead atoms. The first kappa shape index (κ1) is 16.9. The second kappa shape index (κ2) is 8.25. The highest BCUT2D eigenvalue weighted by Crippen LogP contribution is 2.13. The first-order chi connectivity index (χ1) is 11.1. The number of aliphatic hydroxyl groups excluding tert-OH is 1. The number of carbonyl (C=O) groups excluding carboxylic acids is 1. The fourth-order valence-electron chi connectivity index (χ4n) is 2.22. The van der Waals surface area contributed by atoms with Gasteiger partial charge in [0.1, 0.15) is 0 Å². The summed E-state index contributed by atoms with van der Waals surface area (Å²) in [4.78, 5) is 12.1. The Morgan fingerprint density at radius 3 is 2.17 bits per heavy atom. The van der Waals surface area contributed by atoms with E-state index in [0.717, 1.165) is 17.7 Å². The molecule has 120 valence electrons. The van der Waals surface area contributed by atoms with Gasteiger partial charge in [0.25, 0.3) is 5.91 Å². The van der Waals surface area contributed by atoms with Crippen LogP contribution in [0.1, 0.15) is 37.5 Å². The smallest absolute Gasteiger partial charge is 0.273 e. The molecule has 2 N–H and O–H groups in total. The molecule has 0 aromatic heterocycles. The lowest BCUT2D eigenvalue weighted by molar-refractivity contribution is -0.129. The predicted octanol–water partition coefficient (Wildman–Crippen LogP) is 3.29. The molecule has 0 aliphatic rings. The van der Waals surface area contributed by atoms with Gasteiger partial charge >= 0.3 is 0 Å². The van der Waals surface area contributed by atoms with Crippen LogP contribution in [0.2, 0.25) is 0 Å². The highest BCUT2D eigenvalue weighted by atomic mass is 16.3.